The molecule has 11 aromatic rings. The number of rotatable bonds is 4. The zero-order valence-electron chi connectivity index (χ0n) is 27.4. The molecule has 0 bridgehead atoms. The van der Waals surface area contributed by atoms with Gasteiger partial charge in [-0.2, -0.15) is 0 Å². The van der Waals surface area contributed by atoms with Gasteiger partial charge in [-0.3, -0.25) is 4.57 Å². The maximum Gasteiger partial charge on any atom is 0.234 e. The number of nitrogens with zero attached hydrogens (tertiary/aromatic N) is 4. The molecule has 0 fully saturated rings. The summed E-state index contributed by atoms with van der Waals surface area (Å²) >= 11 is 0. The lowest BCUT2D eigenvalue weighted by atomic mass is 10.0. The van der Waals surface area contributed by atoms with Crippen molar-refractivity contribution in [2.24, 2.45) is 0 Å². The summed E-state index contributed by atoms with van der Waals surface area (Å²) in [6, 6.07) is 55.6. The van der Waals surface area contributed by atoms with Crippen LogP contribution in [0.15, 0.2) is 175 Å². The second-order valence-corrected chi connectivity index (χ2v) is 13.1. The number of para-hydroxylation sites is 3. The molecule has 0 radical (unpaired) electrons. The van der Waals surface area contributed by atoms with E-state index in [1.165, 1.54) is 21.9 Å². The Morgan fingerprint density at radius 3 is 1.86 bits per heavy atom. The lowest BCUT2D eigenvalue weighted by molar-refractivity contribution is 0.669. The van der Waals surface area contributed by atoms with E-state index in [4.69, 9.17) is 14.4 Å². The molecular weight excluding hydrogens is 625 g/mol. The average molecular weight is 653 g/mol. The van der Waals surface area contributed by atoms with Crippen LogP contribution in [-0.4, -0.2) is 19.1 Å². The van der Waals surface area contributed by atoms with Gasteiger partial charge in [0, 0.05) is 56.0 Å². The Morgan fingerprint density at radius 2 is 1.04 bits per heavy atom. The first kappa shape index (κ1) is 27.9. The lowest BCUT2D eigenvalue weighted by Crippen LogP contribution is -2.01. The topological polar surface area (TPSA) is 48.8 Å². The lowest BCUT2D eigenvalue weighted by Gasteiger charge is -2.10. The Hall–Kier alpha value is -6.98. The van der Waals surface area contributed by atoms with E-state index >= 15 is 0 Å². The fraction of sp³-hybridized carbons (Fsp3) is 0. The number of hydrogen-bond acceptors (Lipinski definition) is 3. The highest BCUT2D eigenvalue weighted by atomic mass is 16.3. The number of furan rings is 1. The van der Waals surface area contributed by atoms with Crippen LogP contribution >= 0.6 is 0 Å². The molecule has 51 heavy (non-hydrogen) atoms. The summed E-state index contributed by atoms with van der Waals surface area (Å²) in [7, 11) is 0. The van der Waals surface area contributed by atoms with Crippen molar-refractivity contribution >= 4 is 65.6 Å². The fourth-order valence-electron chi connectivity index (χ4n) is 7.95. The van der Waals surface area contributed by atoms with Gasteiger partial charge in [-0.25, -0.2) is 9.97 Å². The molecule has 0 unspecified atom stereocenters. The Morgan fingerprint density at radius 1 is 0.392 bits per heavy atom. The van der Waals surface area contributed by atoms with Crippen LogP contribution in [0.1, 0.15) is 0 Å². The quantitative estimate of drug-likeness (QED) is 0.190. The van der Waals surface area contributed by atoms with Gasteiger partial charge in [0.25, 0.3) is 0 Å². The van der Waals surface area contributed by atoms with E-state index in [-0.39, 0.29) is 0 Å². The minimum Gasteiger partial charge on any atom is -0.456 e. The van der Waals surface area contributed by atoms with E-state index in [1.54, 1.807) is 0 Å². The minimum atomic E-state index is 0.620. The van der Waals surface area contributed by atoms with Crippen molar-refractivity contribution in [1.29, 1.82) is 0 Å². The van der Waals surface area contributed by atoms with E-state index in [1.807, 2.05) is 42.7 Å². The van der Waals surface area contributed by atoms with Crippen LogP contribution in [0.2, 0.25) is 0 Å². The number of fused-ring (bicyclic) bond motifs is 9. The predicted octanol–water partition coefficient (Wildman–Crippen LogP) is 11.9. The van der Waals surface area contributed by atoms with Crippen LogP contribution in [0.4, 0.5) is 0 Å². The van der Waals surface area contributed by atoms with Crippen molar-refractivity contribution < 1.29 is 4.42 Å². The summed E-state index contributed by atoms with van der Waals surface area (Å²) in [4.78, 5) is 10.2. The summed E-state index contributed by atoms with van der Waals surface area (Å²) in [6.07, 6.45) is 3.88. The molecule has 11 rings (SSSR count). The highest BCUT2D eigenvalue weighted by Crippen LogP contribution is 2.41. The normalized spacial score (nSPS) is 11.9. The third-order valence-corrected chi connectivity index (χ3v) is 10.2. The van der Waals surface area contributed by atoms with Crippen molar-refractivity contribution in [2.75, 3.05) is 0 Å². The fourth-order valence-corrected chi connectivity index (χ4v) is 7.95. The van der Waals surface area contributed by atoms with E-state index in [0.717, 1.165) is 71.6 Å². The van der Waals surface area contributed by atoms with Crippen molar-refractivity contribution in [3.8, 4) is 33.9 Å². The summed E-state index contributed by atoms with van der Waals surface area (Å²) < 4.78 is 10.8. The highest BCUT2D eigenvalue weighted by molar-refractivity contribution is 6.19. The van der Waals surface area contributed by atoms with Crippen molar-refractivity contribution in [1.82, 2.24) is 19.1 Å². The molecule has 5 nitrogen and oxygen atoms in total. The molecule has 0 aliphatic heterocycles. The largest absolute Gasteiger partial charge is 0.456 e. The Kier molecular flexibility index (Phi) is 5.89. The zero-order valence-corrected chi connectivity index (χ0v) is 27.4. The Balaban J connectivity index is 1.19. The number of aromatic nitrogens is 4. The first-order valence-corrected chi connectivity index (χ1v) is 17.2. The summed E-state index contributed by atoms with van der Waals surface area (Å²) in [5.74, 6) is 0.620. The Labute approximate surface area is 292 Å². The molecule has 0 spiro atoms. The molecule has 238 valence electrons. The van der Waals surface area contributed by atoms with Crippen LogP contribution < -0.4 is 0 Å². The van der Waals surface area contributed by atoms with Gasteiger partial charge in [0.15, 0.2) is 0 Å². The molecule has 5 heteroatoms. The maximum atomic E-state index is 6.19. The van der Waals surface area contributed by atoms with Crippen molar-refractivity contribution in [2.45, 2.75) is 0 Å². The van der Waals surface area contributed by atoms with E-state index in [9.17, 15) is 0 Å². The molecule has 4 heterocycles. The predicted molar refractivity (Wildman–Crippen MR) is 209 cm³/mol. The summed E-state index contributed by atoms with van der Waals surface area (Å²) in [5.41, 5.74) is 11.6. The van der Waals surface area contributed by atoms with Crippen LogP contribution in [0.3, 0.4) is 0 Å². The Bertz CT molecular complexity index is 3120. The molecule has 0 saturated heterocycles. The first-order valence-electron chi connectivity index (χ1n) is 17.2. The van der Waals surface area contributed by atoms with Crippen molar-refractivity contribution in [3.63, 3.8) is 0 Å². The van der Waals surface area contributed by atoms with Crippen molar-refractivity contribution in [3.05, 3.63) is 170 Å². The highest BCUT2D eigenvalue weighted by Gasteiger charge is 2.20. The molecule has 0 atom stereocenters. The molecule has 0 saturated carbocycles. The van der Waals surface area contributed by atoms with Gasteiger partial charge in [-0.15, -0.1) is 0 Å². The van der Waals surface area contributed by atoms with E-state index in [0.29, 0.717) is 5.95 Å². The molecular formula is C46H28N4O. The molecule has 0 N–H and O–H groups in total. The minimum absolute atomic E-state index is 0.620. The first-order chi connectivity index (χ1) is 25.3. The standard InChI is InChI=1S/C46H28N4O/c1-3-12-29(13-4-1)30-22-23-35-38-25-37-34-16-7-9-19-39(34)49(32-14-5-2-6-15-32)41(37)26-42(38)50(40(35)24-30)46-47-27-31(28-48-46)33-18-11-21-44-45(33)36-17-8-10-20-43(36)51-44/h1-28H. The average Bonchev–Trinajstić information content (AvgIpc) is 3.85. The monoisotopic (exact) mass is 652 g/mol. The molecule has 0 aliphatic carbocycles. The number of hydrogen-bond donors (Lipinski definition) is 0. The van der Waals surface area contributed by atoms with E-state index < -0.39 is 0 Å². The molecule has 4 aromatic heterocycles. The molecule has 0 amide bonds. The second-order valence-electron chi connectivity index (χ2n) is 13.1. The third kappa shape index (κ3) is 4.15. The van der Waals surface area contributed by atoms with Crippen LogP contribution in [0.25, 0.3) is 99.4 Å². The second kappa shape index (κ2) is 10.8. The maximum absolute atomic E-state index is 6.19. The van der Waals surface area contributed by atoms with Crippen LogP contribution in [0.5, 0.6) is 0 Å². The van der Waals surface area contributed by atoms with Gasteiger partial charge < -0.3 is 8.98 Å². The number of benzene rings is 7. The van der Waals surface area contributed by atoms with E-state index in [2.05, 4.69) is 137 Å². The van der Waals surface area contributed by atoms with Gasteiger partial charge in [0.1, 0.15) is 11.2 Å². The van der Waals surface area contributed by atoms with Gasteiger partial charge in [0.2, 0.25) is 5.95 Å². The SMILES string of the molecule is c1ccc(-c2ccc3c4cc5c6ccccc6n(-c6ccccc6)c5cc4n(-c4ncc(-c5cccc6oc7ccccc7c56)cn4)c3c2)cc1. The van der Waals surface area contributed by atoms with Crippen LogP contribution in [-0.2, 0) is 0 Å². The van der Waals surface area contributed by atoms with Gasteiger partial charge in [-0.1, -0.05) is 109 Å². The molecule has 7 aromatic carbocycles. The van der Waals surface area contributed by atoms with Gasteiger partial charge in [0.05, 0.1) is 22.1 Å². The zero-order chi connectivity index (χ0) is 33.5. The van der Waals surface area contributed by atoms with Crippen LogP contribution in [0, 0.1) is 0 Å². The summed E-state index contributed by atoms with van der Waals surface area (Å²) in [6.45, 7) is 0. The smallest absolute Gasteiger partial charge is 0.234 e. The van der Waals surface area contributed by atoms with Gasteiger partial charge >= 0.3 is 0 Å². The van der Waals surface area contributed by atoms with Gasteiger partial charge in [-0.05, 0) is 65.2 Å². The molecule has 0 aliphatic rings. The summed E-state index contributed by atoms with van der Waals surface area (Å²) in [5, 5.41) is 6.91. The third-order valence-electron chi connectivity index (χ3n) is 10.2.